The molecule has 11 nitrogen and oxygen atoms in total. The molecule has 3 aliphatic heterocycles. The van der Waals surface area contributed by atoms with E-state index in [1.54, 1.807) is 18.2 Å². The topological polar surface area (TPSA) is 148 Å². The van der Waals surface area contributed by atoms with Crippen molar-refractivity contribution in [3.63, 3.8) is 0 Å². The van der Waals surface area contributed by atoms with Crippen LogP contribution in [0.3, 0.4) is 0 Å². The van der Waals surface area contributed by atoms with E-state index < -0.39 is 11.9 Å². The predicted octanol–water partition coefficient (Wildman–Crippen LogP) is 3.13. The second-order valence-electron chi connectivity index (χ2n) is 12.2. The minimum atomic E-state index is -0.711. The van der Waals surface area contributed by atoms with E-state index in [4.69, 9.17) is 0 Å². The summed E-state index contributed by atoms with van der Waals surface area (Å²) in [4.78, 5) is 71.1. The van der Waals surface area contributed by atoms with Gasteiger partial charge in [-0.05, 0) is 56.0 Å². The normalized spacial score (nSPS) is 23.1. The van der Waals surface area contributed by atoms with Crippen LogP contribution < -0.4 is 10.6 Å². The molecule has 234 valence electrons. The van der Waals surface area contributed by atoms with Gasteiger partial charge in [0.1, 0.15) is 11.8 Å². The summed E-state index contributed by atoms with van der Waals surface area (Å²) >= 11 is 0. The zero-order valence-electron chi connectivity index (χ0n) is 25.0. The quantitative estimate of drug-likeness (QED) is 0.307. The average molecular weight is 612 g/mol. The number of Topliss-reactive ketones (excluding diaryl/α,β-unsaturated/α-hetero) is 1. The number of hydrogen-bond acceptors (Lipinski definition) is 8. The van der Waals surface area contributed by atoms with E-state index in [1.165, 1.54) is 11.1 Å². The van der Waals surface area contributed by atoms with Crippen molar-refractivity contribution in [2.24, 2.45) is 10.9 Å². The third-order valence-electron chi connectivity index (χ3n) is 9.32. The van der Waals surface area contributed by atoms with Crippen LogP contribution in [-0.2, 0) is 25.7 Å². The molecule has 4 amide bonds. The van der Waals surface area contributed by atoms with Gasteiger partial charge in [0.05, 0.1) is 12.1 Å². The number of likely N-dealkylation sites (tertiary alicyclic amines) is 1. The molecular formula is C34H37N5O6. The molecule has 0 bridgehead atoms. The van der Waals surface area contributed by atoms with Crippen molar-refractivity contribution in [1.82, 2.24) is 15.1 Å². The molecule has 0 saturated carbocycles. The lowest BCUT2D eigenvalue weighted by Crippen LogP contribution is -2.52. The van der Waals surface area contributed by atoms with E-state index in [-0.39, 0.29) is 60.5 Å². The molecule has 2 saturated heterocycles. The predicted molar refractivity (Wildman–Crippen MR) is 167 cm³/mol. The fraction of sp³-hybridized carbons (Fsp3) is 0.412. The number of amides is 4. The highest BCUT2D eigenvalue weighted by atomic mass is 16.3. The number of benzene rings is 2. The molecule has 2 aromatic carbocycles. The Morgan fingerprint density at radius 3 is 2.51 bits per heavy atom. The van der Waals surface area contributed by atoms with E-state index >= 15 is 0 Å². The zero-order valence-corrected chi connectivity index (χ0v) is 25.0. The molecule has 3 N–H and O–H groups in total. The van der Waals surface area contributed by atoms with Crippen molar-refractivity contribution < 1.29 is 29.1 Å². The van der Waals surface area contributed by atoms with Crippen LogP contribution in [-0.4, -0.2) is 82.8 Å². The van der Waals surface area contributed by atoms with Crippen LogP contribution >= 0.6 is 0 Å². The highest BCUT2D eigenvalue weighted by molar-refractivity contribution is 6.14. The Hall–Kier alpha value is -4.64. The van der Waals surface area contributed by atoms with Crippen LogP contribution in [0.25, 0.3) is 0 Å². The largest absolute Gasteiger partial charge is 0.511 e. The standard InChI is InChI=1S/C34H37N5O6/c40-29-17-23(21-5-2-1-3-6-21)18-30(41)25(29)19-35-13-16-38-14-11-22(12-15-38)32(43)36-27-8-4-7-24-26(27)20-39(34(24)45)28-9-10-31(42)37-33(28)44/h1-8,19,22-23,28,40H,9-18,20H2,(H,36,43)(H,37,42,44). The highest BCUT2D eigenvalue weighted by Crippen LogP contribution is 2.34. The molecule has 3 heterocycles. The Balaban J connectivity index is 0.975. The molecule has 2 aromatic rings. The van der Waals surface area contributed by atoms with E-state index in [1.807, 2.05) is 30.3 Å². The number of piperidine rings is 2. The number of hydrogen-bond donors (Lipinski definition) is 3. The Kier molecular flexibility index (Phi) is 8.88. The smallest absolute Gasteiger partial charge is 0.255 e. The van der Waals surface area contributed by atoms with Crippen molar-refractivity contribution >= 4 is 41.3 Å². The number of anilines is 1. The van der Waals surface area contributed by atoms with E-state index in [9.17, 15) is 29.1 Å². The monoisotopic (exact) mass is 611 g/mol. The maximum Gasteiger partial charge on any atom is 0.255 e. The number of fused-ring (bicyclic) bond motifs is 1. The Labute approximate surface area is 261 Å². The van der Waals surface area contributed by atoms with Gasteiger partial charge < -0.3 is 20.2 Å². The lowest BCUT2D eigenvalue weighted by Gasteiger charge is -2.31. The molecule has 2 atom stereocenters. The summed E-state index contributed by atoms with van der Waals surface area (Å²) in [5.41, 5.74) is 3.06. The second-order valence-corrected chi connectivity index (χ2v) is 12.2. The fourth-order valence-corrected chi connectivity index (χ4v) is 6.73. The summed E-state index contributed by atoms with van der Waals surface area (Å²) in [5, 5.41) is 15.9. The molecule has 2 unspecified atom stereocenters. The number of carbonyl (C=O) groups excluding carboxylic acids is 5. The molecule has 0 aromatic heterocycles. The van der Waals surface area contributed by atoms with Gasteiger partial charge in [0, 0.05) is 61.3 Å². The van der Waals surface area contributed by atoms with Crippen LogP contribution in [0, 0.1) is 5.92 Å². The Morgan fingerprint density at radius 2 is 1.78 bits per heavy atom. The molecule has 6 rings (SSSR count). The lowest BCUT2D eigenvalue weighted by atomic mass is 9.83. The molecule has 0 radical (unpaired) electrons. The number of nitrogens with zero attached hydrogens (tertiary/aromatic N) is 3. The summed E-state index contributed by atoms with van der Waals surface area (Å²) < 4.78 is 0. The van der Waals surface area contributed by atoms with Gasteiger partial charge >= 0.3 is 0 Å². The number of nitrogens with one attached hydrogen (secondary N) is 2. The van der Waals surface area contributed by atoms with Gasteiger partial charge in [-0.25, -0.2) is 0 Å². The summed E-state index contributed by atoms with van der Waals surface area (Å²) in [6.45, 7) is 2.83. The van der Waals surface area contributed by atoms with Gasteiger partial charge in [-0.2, -0.15) is 0 Å². The lowest BCUT2D eigenvalue weighted by molar-refractivity contribution is -0.137. The van der Waals surface area contributed by atoms with Crippen molar-refractivity contribution in [2.45, 2.75) is 57.0 Å². The van der Waals surface area contributed by atoms with E-state index in [0.29, 0.717) is 61.2 Å². The number of aliphatic hydroxyl groups is 1. The Bertz CT molecular complexity index is 1580. The number of ketones is 1. The van der Waals surface area contributed by atoms with Crippen LogP contribution in [0.1, 0.15) is 65.9 Å². The number of carbonyl (C=O) groups is 5. The molecule has 0 spiro atoms. The summed E-state index contributed by atoms with van der Waals surface area (Å²) in [6, 6.07) is 14.2. The minimum absolute atomic E-state index is 0.0211. The fourth-order valence-electron chi connectivity index (χ4n) is 6.73. The van der Waals surface area contributed by atoms with Crippen LogP contribution in [0.5, 0.6) is 0 Å². The third kappa shape index (κ3) is 6.58. The second kappa shape index (κ2) is 13.2. The van der Waals surface area contributed by atoms with Crippen LogP contribution in [0.2, 0.25) is 0 Å². The van der Waals surface area contributed by atoms with Gasteiger partial charge in [0.2, 0.25) is 17.7 Å². The molecule has 45 heavy (non-hydrogen) atoms. The van der Waals surface area contributed by atoms with E-state index in [2.05, 4.69) is 20.5 Å². The third-order valence-corrected chi connectivity index (χ3v) is 9.32. The first-order chi connectivity index (χ1) is 21.8. The zero-order chi connectivity index (χ0) is 31.5. The number of allylic oxidation sites excluding steroid dienone is 2. The van der Waals surface area contributed by atoms with Crippen molar-refractivity contribution in [3.8, 4) is 0 Å². The van der Waals surface area contributed by atoms with Gasteiger partial charge in [0.25, 0.3) is 5.91 Å². The van der Waals surface area contributed by atoms with E-state index in [0.717, 1.165) is 18.7 Å². The average Bonchev–Trinajstić information content (AvgIpc) is 3.37. The molecule has 1 aliphatic carbocycles. The highest BCUT2D eigenvalue weighted by Gasteiger charge is 2.40. The molecule has 2 fully saturated rings. The SMILES string of the molecule is O=C1CCC(N2Cc3c(NC(=O)C4CCN(CCN=CC5=C(O)CC(c6ccccc6)CC5=O)CC4)cccc3C2=O)C(=O)N1. The van der Waals surface area contributed by atoms with Crippen molar-refractivity contribution in [2.75, 3.05) is 31.5 Å². The molecule has 4 aliphatic rings. The first-order valence-electron chi connectivity index (χ1n) is 15.6. The summed E-state index contributed by atoms with van der Waals surface area (Å²) in [7, 11) is 0. The van der Waals surface area contributed by atoms with Gasteiger partial charge in [-0.15, -0.1) is 0 Å². The number of rotatable bonds is 8. The maximum atomic E-state index is 13.2. The molecule has 11 heteroatoms. The van der Waals surface area contributed by atoms with Crippen molar-refractivity contribution in [3.05, 3.63) is 76.6 Å². The summed E-state index contributed by atoms with van der Waals surface area (Å²) in [5.74, 6) is -1.38. The van der Waals surface area contributed by atoms with Gasteiger partial charge in [-0.3, -0.25) is 34.3 Å². The number of aliphatic hydroxyl groups excluding tert-OH is 1. The number of aliphatic imine (C=N–C) groups is 1. The minimum Gasteiger partial charge on any atom is -0.511 e. The number of imide groups is 1. The van der Waals surface area contributed by atoms with Gasteiger partial charge in [0.15, 0.2) is 5.78 Å². The molecular weight excluding hydrogens is 574 g/mol. The van der Waals surface area contributed by atoms with Crippen molar-refractivity contribution in [1.29, 1.82) is 0 Å². The summed E-state index contributed by atoms with van der Waals surface area (Å²) in [6.07, 6.45) is 4.10. The van der Waals surface area contributed by atoms with Gasteiger partial charge in [-0.1, -0.05) is 36.4 Å². The first-order valence-corrected chi connectivity index (χ1v) is 15.6. The Morgan fingerprint density at radius 1 is 1.00 bits per heavy atom. The van der Waals surface area contributed by atoms with Crippen LogP contribution in [0.4, 0.5) is 5.69 Å². The maximum absolute atomic E-state index is 13.2. The van der Waals surface area contributed by atoms with Crippen LogP contribution in [0.15, 0.2) is 64.9 Å². The first kappa shape index (κ1) is 30.4.